The molecule has 31 heavy (non-hydrogen) atoms. The minimum atomic E-state index is -0.419. The van der Waals surface area contributed by atoms with Gasteiger partial charge in [-0.1, -0.05) is 41.6 Å². The van der Waals surface area contributed by atoms with Crippen molar-refractivity contribution in [2.24, 2.45) is 5.10 Å². The van der Waals surface area contributed by atoms with E-state index in [0.29, 0.717) is 23.2 Å². The van der Waals surface area contributed by atoms with Crippen LogP contribution in [0.25, 0.3) is 11.0 Å². The van der Waals surface area contributed by atoms with Crippen molar-refractivity contribution in [2.45, 2.75) is 19.0 Å². The van der Waals surface area contributed by atoms with Gasteiger partial charge >= 0.3 is 0 Å². The van der Waals surface area contributed by atoms with Crippen molar-refractivity contribution in [3.05, 3.63) is 89.7 Å². The topological polar surface area (TPSA) is 83.6 Å². The van der Waals surface area contributed by atoms with Crippen LogP contribution < -0.4 is 0 Å². The first-order valence-electron chi connectivity index (χ1n) is 9.82. The summed E-state index contributed by atoms with van der Waals surface area (Å²) in [7, 11) is 0. The Hall–Kier alpha value is -4.07. The Bertz CT molecular complexity index is 1300. The molecular formula is C23H18FN5O2. The molecule has 1 amide bonds. The monoisotopic (exact) mass is 415 g/mol. The molecule has 0 bridgehead atoms. The first-order chi connectivity index (χ1) is 15.1. The molecule has 4 aromatic rings. The third-order valence-electron chi connectivity index (χ3n) is 5.34. The van der Waals surface area contributed by atoms with Crippen molar-refractivity contribution in [2.75, 3.05) is 0 Å². The summed E-state index contributed by atoms with van der Waals surface area (Å²) in [5.74, 6) is -0.540. The molecule has 0 saturated carbocycles. The van der Waals surface area contributed by atoms with Crippen molar-refractivity contribution in [1.82, 2.24) is 20.0 Å². The van der Waals surface area contributed by atoms with Gasteiger partial charge in [-0.3, -0.25) is 4.79 Å². The molecule has 1 atom stereocenters. The number of fused-ring (bicyclic) bond motifs is 1. The number of rotatable bonds is 4. The van der Waals surface area contributed by atoms with Gasteiger partial charge in [-0.05, 0) is 42.0 Å². The maximum atomic E-state index is 13.5. The number of benzene rings is 3. The van der Waals surface area contributed by atoms with Crippen LogP contribution in [-0.4, -0.2) is 36.7 Å². The van der Waals surface area contributed by atoms with Crippen molar-refractivity contribution in [3.8, 4) is 5.75 Å². The van der Waals surface area contributed by atoms with Crippen molar-refractivity contribution >= 4 is 22.7 Å². The van der Waals surface area contributed by atoms with Gasteiger partial charge in [-0.25, -0.2) is 14.1 Å². The van der Waals surface area contributed by atoms with Crippen LogP contribution in [0.15, 0.2) is 77.9 Å². The van der Waals surface area contributed by atoms with E-state index in [0.717, 1.165) is 11.1 Å². The zero-order valence-electron chi connectivity index (χ0n) is 16.4. The van der Waals surface area contributed by atoms with Crippen LogP contribution in [0.3, 0.4) is 0 Å². The molecule has 1 N–H and O–H groups in total. The number of phenols is 1. The number of nitrogens with zero attached hydrogens (tertiary/aromatic N) is 5. The Balaban J connectivity index is 1.50. The number of hydrazone groups is 1. The largest absolute Gasteiger partial charge is 0.507 e. The summed E-state index contributed by atoms with van der Waals surface area (Å²) in [6, 6.07) is 19.9. The Labute approximate surface area is 177 Å². The average Bonchev–Trinajstić information content (AvgIpc) is 3.40. The highest BCUT2D eigenvalue weighted by Gasteiger charge is 2.34. The summed E-state index contributed by atoms with van der Waals surface area (Å²) in [5.41, 5.74) is 3.36. The van der Waals surface area contributed by atoms with Gasteiger partial charge in [-0.15, -0.1) is 5.10 Å². The number of aromatic hydroxyl groups is 1. The van der Waals surface area contributed by atoms with Gasteiger partial charge in [-0.2, -0.15) is 5.10 Å². The van der Waals surface area contributed by atoms with Gasteiger partial charge in [0.2, 0.25) is 0 Å². The second kappa shape index (κ2) is 7.64. The van der Waals surface area contributed by atoms with Crippen LogP contribution in [-0.2, 0) is 11.3 Å². The number of carbonyl (C=O) groups excluding carboxylic acids is 1. The molecule has 1 unspecified atom stereocenters. The molecule has 0 saturated heterocycles. The Morgan fingerprint density at radius 2 is 1.77 bits per heavy atom. The minimum Gasteiger partial charge on any atom is -0.507 e. The van der Waals surface area contributed by atoms with Crippen LogP contribution >= 0.6 is 0 Å². The Morgan fingerprint density at radius 1 is 1.03 bits per heavy atom. The fourth-order valence-electron chi connectivity index (χ4n) is 3.80. The predicted molar refractivity (Wildman–Crippen MR) is 113 cm³/mol. The molecule has 3 aromatic carbocycles. The summed E-state index contributed by atoms with van der Waals surface area (Å²) >= 11 is 0. The number of carbonyl (C=O) groups is 1. The average molecular weight is 415 g/mol. The van der Waals surface area contributed by atoms with Crippen molar-refractivity contribution in [3.63, 3.8) is 0 Å². The number of phenolic OH excluding ortho intramolecular Hbond substituents is 1. The molecular weight excluding hydrogens is 397 g/mol. The quantitative estimate of drug-likeness (QED) is 0.551. The predicted octanol–water partition coefficient (Wildman–Crippen LogP) is 3.65. The SMILES string of the molecule is O=C(Cn1nnc2ccccc21)N1N=C(c2ccccc2O)CC1c1ccc(F)cc1. The normalized spacial score (nSPS) is 16.0. The van der Waals surface area contributed by atoms with Gasteiger partial charge in [0.1, 0.15) is 23.6 Å². The fraction of sp³-hybridized carbons (Fsp3) is 0.130. The first-order valence-corrected chi connectivity index (χ1v) is 9.82. The smallest absolute Gasteiger partial charge is 0.265 e. The molecule has 0 aliphatic carbocycles. The summed E-state index contributed by atoms with van der Waals surface area (Å²) in [5, 5.41) is 24.4. The first kappa shape index (κ1) is 18.9. The highest BCUT2D eigenvalue weighted by molar-refractivity contribution is 6.05. The number of hydrogen-bond donors (Lipinski definition) is 1. The number of amides is 1. The van der Waals surface area contributed by atoms with E-state index in [9.17, 15) is 14.3 Å². The minimum absolute atomic E-state index is 0.0459. The summed E-state index contributed by atoms with van der Waals surface area (Å²) in [6.07, 6.45) is 0.396. The molecule has 1 aromatic heterocycles. The Kier molecular flexibility index (Phi) is 4.66. The standard InChI is InChI=1S/C23H18FN5O2/c24-16-11-9-15(10-12-16)21-13-19(17-5-1-4-8-22(17)30)26-29(21)23(31)14-28-20-7-3-2-6-18(20)25-27-28/h1-12,21,30H,13-14H2. The fourth-order valence-corrected chi connectivity index (χ4v) is 3.80. The number of hydrogen-bond acceptors (Lipinski definition) is 5. The molecule has 0 radical (unpaired) electrons. The Morgan fingerprint density at radius 3 is 2.58 bits per heavy atom. The lowest BCUT2D eigenvalue weighted by atomic mass is 9.98. The maximum absolute atomic E-state index is 13.5. The molecule has 8 heteroatoms. The highest BCUT2D eigenvalue weighted by Crippen LogP contribution is 2.35. The van der Waals surface area contributed by atoms with E-state index < -0.39 is 6.04 Å². The molecule has 7 nitrogen and oxygen atoms in total. The molecule has 0 spiro atoms. The summed E-state index contributed by atoms with van der Waals surface area (Å²) in [4.78, 5) is 13.3. The molecule has 2 heterocycles. The number of halogens is 1. The number of para-hydroxylation sites is 2. The highest BCUT2D eigenvalue weighted by atomic mass is 19.1. The van der Waals surface area contributed by atoms with Gasteiger partial charge < -0.3 is 5.11 Å². The summed E-state index contributed by atoms with van der Waals surface area (Å²) < 4.78 is 15.0. The van der Waals surface area contributed by atoms with Crippen LogP contribution in [0.5, 0.6) is 5.75 Å². The van der Waals surface area contributed by atoms with E-state index in [1.807, 2.05) is 24.3 Å². The second-order valence-electron chi connectivity index (χ2n) is 7.31. The summed E-state index contributed by atoms with van der Waals surface area (Å²) in [6.45, 7) is -0.0459. The van der Waals surface area contributed by atoms with Gasteiger partial charge in [0.25, 0.3) is 5.91 Å². The third-order valence-corrected chi connectivity index (χ3v) is 5.34. The van der Waals surface area contributed by atoms with Gasteiger partial charge in [0.05, 0.1) is 17.3 Å². The zero-order valence-corrected chi connectivity index (χ0v) is 16.4. The number of aromatic nitrogens is 3. The van der Waals surface area contributed by atoms with Crippen LogP contribution in [0, 0.1) is 5.82 Å². The maximum Gasteiger partial charge on any atom is 0.265 e. The van der Waals surface area contributed by atoms with Crippen molar-refractivity contribution in [1.29, 1.82) is 0 Å². The van der Waals surface area contributed by atoms with E-state index in [2.05, 4.69) is 15.4 Å². The second-order valence-corrected chi connectivity index (χ2v) is 7.31. The molecule has 5 rings (SSSR count). The lowest BCUT2D eigenvalue weighted by molar-refractivity contribution is -0.133. The lowest BCUT2D eigenvalue weighted by Crippen LogP contribution is -2.30. The van der Waals surface area contributed by atoms with Crippen LogP contribution in [0.2, 0.25) is 0 Å². The lowest BCUT2D eigenvalue weighted by Gasteiger charge is -2.22. The van der Waals surface area contributed by atoms with E-state index in [1.165, 1.54) is 21.8 Å². The van der Waals surface area contributed by atoms with Crippen LogP contribution in [0.4, 0.5) is 4.39 Å². The molecule has 154 valence electrons. The third kappa shape index (κ3) is 3.52. The van der Waals surface area contributed by atoms with E-state index in [4.69, 9.17) is 0 Å². The van der Waals surface area contributed by atoms with E-state index in [-0.39, 0.29) is 24.0 Å². The molecule has 1 aliphatic rings. The van der Waals surface area contributed by atoms with E-state index >= 15 is 0 Å². The molecule has 0 fully saturated rings. The van der Waals surface area contributed by atoms with E-state index in [1.54, 1.807) is 36.4 Å². The van der Waals surface area contributed by atoms with Crippen LogP contribution in [0.1, 0.15) is 23.6 Å². The van der Waals surface area contributed by atoms with Gasteiger partial charge in [0.15, 0.2) is 0 Å². The van der Waals surface area contributed by atoms with Crippen molar-refractivity contribution < 1.29 is 14.3 Å². The van der Waals surface area contributed by atoms with Gasteiger partial charge in [0, 0.05) is 12.0 Å². The zero-order chi connectivity index (χ0) is 21.4. The molecule has 1 aliphatic heterocycles.